The number of aliphatic carboxylic acids is 1. The largest absolute Gasteiger partial charge is 0.481 e. The predicted octanol–water partition coefficient (Wildman–Crippen LogP) is 4.81. The van der Waals surface area contributed by atoms with E-state index in [1.165, 1.54) is 5.57 Å². The van der Waals surface area contributed by atoms with E-state index in [0.29, 0.717) is 6.42 Å². The predicted molar refractivity (Wildman–Crippen MR) is 124 cm³/mol. The van der Waals surface area contributed by atoms with E-state index in [1.54, 1.807) is 7.11 Å². The van der Waals surface area contributed by atoms with Crippen molar-refractivity contribution in [2.75, 3.05) is 13.7 Å². The first kappa shape index (κ1) is 26.2. The van der Waals surface area contributed by atoms with Crippen LogP contribution >= 0.6 is 0 Å². The number of carboxylic acids is 1. The highest BCUT2D eigenvalue weighted by Gasteiger charge is 2.72. The Labute approximate surface area is 198 Å². The van der Waals surface area contributed by atoms with Gasteiger partial charge < -0.3 is 24.1 Å². The number of hydrogen-bond donors (Lipinski definition) is 1. The monoisotopic (exact) mass is 466 g/mol. The van der Waals surface area contributed by atoms with Gasteiger partial charge in [0.2, 0.25) is 0 Å². The maximum atomic E-state index is 12.6. The van der Waals surface area contributed by atoms with E-state index in [-0.39, 0.29) is 47.8 Å². The van der Waals surface area contributed by atoms with E-state index in [0.717, 1.165) is 64.4 Å². The SMILES string of the molecule is CO[C@H]1[C@H](C2(C)O[C@@H]2CC=C(C)C)[C@]2(CC[C@H]1OC(=O)CCCCCCCCC(=O)O)CO2. The molecule has 0 aromatic rings. The van der Waals surface area contributed by atoms with Crippen molar-refractivity contribution in [1.29, 1.82) is 0 Å². The van der Waals surface area contributed by atoms with Crippen LogP contribution in [0.5, 0.6) is 0 Å². The molecule has 33 heavy (non-hydrogen) atoms. The zero-order valence-electron chi connectivity index (χ0n) is 20.8. The summed E-state index contributed by atoms with van der Waals surface area (Å²) in [5.41, 5.74) is 0.748. The highest BCUT2D eigenvalue weighted by molar-refractivity contribution is 5.69. The van der Waals surface area contributed by atoms with Gasteiger partial charge in [0, 0.05) is 20.0 Å². The Morgan fingerprint density at radius 2 is 1.73 bits per heavy atom. The second kappa shape index (κ2) is 11.3. The number of carboxylic acid groups (broad SMARTS) is 1. The number of ether oxygens (including phenoxy) is 4. The third-order valence-electron chi connectivity index (χ3n) is 7.54. The van der Waals surface area contributed by atoms with Crippen molar-refractivity contribution >= 4 is 11.9 Å². The summed E-state index contributed by atoms with van der Waals surface area (Å²) in [5.74, 6) is -0.855. The fraction of sp³-hybridized carbons (Fsp3) is 0.846. The lowest BCUT2D eigenvalue weighted by molar-refractivity contribution is -0.172. The molecule has 0 aromatic carbocycles. The van der Waals surface area contributed by atoms with Gasteiger partial charge >= 0.3 is 11.9 Å². The highest BCUT2D eigenvalue weighted by Crippen LogP contribution is 2.59. The highest BCUT2D eigenvalue weighted by atomic mass is 16.6. The first-order chi connectivity index (χ1) is 15.7. The van der Waals surface area contributed by atoms with Gasteiger partial charge in [0.1, 0.15) is 23.4 Å². The molecule has 7 heteroatoms. The third kappa shape index (κ3) is 6.80. The Bertz CT molecular complexity index is 709. The molecule has 3 fully saturated rings. The Morgan fingerprint density at radius 1 is 1.09 bits per heavy atom. The number of unbranched alkanes of at least 4 members (excludes halogenated alkanes) is 5. The quantitative estimate of drug-likeness (QED) is 0.170. The van der Waals surface area contributed by atoms with Crippen molar-refractivity contribution < 1.29 is 33.6 Å². The molecule has 1 aliphatic carbocycles. The van der Waals surface area contributed by atoms with Crippen molar-refractivity contribution in [1.82, 2.24) is 0 Å². The van der Waals surface area contributed by atoms with Gasteiger partial charge in [-0.2, -0.15) is 0 Å². The summed E-state index contributed by atoms with van der Waals surface area (Å²) in [4.78, 5) is 23.1. The maximum Gasteiger partial charge on any atom is 0.306 e. The Morgan fingerprint density at radius 3 is 2.30 bits per heavy atom. The molecule has 0 radical (unpaired) electrons. The fourth-order valence-corrected chi connectivity index (χ4v) is 5.55. The third-order valence-corrected chi connectivity index (χ3v) is 7.54. The molecule has 3 rings (SSSR count). The van der Waals surface area contributed by atoms with Crippen molar-refractivity contribution in [3.8, 4) is 0 Å². The van der Waals surface area contributed by atoms with E-state index >= 15 is 0 Å². The Kier molecular flexibility index (Phi) is 8.98. The van der Waals surface area contributed by atoms with Crippen molar-refractivity contribution in [3.05, 3.63) is 11.6 Å². The zero-order chi connectivity index (χ0) is 24.1. The van der Waals surface area contributed by atoms with Gasteiger partial charge in [0.15, 0.2) is 0 Å². The van der Waals surface area contributed by atoms with E-state index in [4.69, 9.17) is 24.1 Å². The topological polar surface area (TPSA) is 97.9 Å². The van der Waals surface area contributed by atoms with Crippen LogP contribution in [0.2, 0.25) is 0 Å². The number of esters is 1. The molecule has 1 unspecified atom stereocenters. The number of epoxide rings is 2. The normalized spacial score (nSPS) is 34.7. The van der Waals surface area contributed by atoms with Gasteiger partial charge in [-0.05, 0) is 52.9 Å². The summed E-state index contributed by atoms with van der Waals surface area (Å²) in [6.45, 7) is 7.06. The molecule has 7 nitrogen and oxygen atoms in total. The minimum atomic E-state index is -0.734. The number of carbonyl (C=O) groups is 2. The smallest absolute Gasteiger partial charge is 0.306 e. The van der Waals surface area contributed by atoms with Gasteiger partial charge in [0.05, 0.1) is 18.6 Å². The lowest BCUT2D eigenvalue weighted by Gasteiger charge is -2.42. The summed E-state index contributed by atoms with van der Waals surface area (Å²) in [6.07, 6.45) is 10.4. The summed E-state index contributed by atoms with van der Waals surface area (Å²) in [6, 6.07) is 0. The van der Waals surface area contributed by atoms with Crippen molar-refractivity contribution in [2.24, 2.45) is 5.92 Å². The molecule has 3 aliphatic rings. The van der Waals surface area contributed by atoms with Gasteiger partial charge in [-0.15, -0.1) is 0 Å². The van der Waals surface area contributed by atoms with Crippen LogP contribution in [-0.4, -0.2) is 60.3 Å². The van der Waals surface area contributed by atoms with Crippen LogP contribution in [0.1, 0.15) is 91.4 Å². The number of allylic oxidation sites excluding steroid dienone is 1. The van der Waals surface area contributed by atoms with Crippen LogP contribution in [0.4, 0.5) is 0 Å². The second-order valence-electron chi connectivity index (χ2n) is 10.4. The van der Waals surface area contributed by atoms with Gasteiger partial charge in [-0.1, -0.05) is 37.3 Å². The number of methoxy groups -OCH3 is 1. The molecule has 6 atom stereocenters. The van der Waals surface area contributed by atoms with E-state index in [2.05, 4.69) is 26.8 Å². The fourth-order valence-electron chi connectivity index (χ4n) is 5.55. The molecule has 2 heterocycles. The van der Waals surface area contributed by atoms with E-state index < -0.39 is 5.97 Å². The second-order valence-corrected chi connectivity index (χ2v) is 10.4. The maximum absolute atomic E-state index is 12.6. The molecule has 1 N–H and O–H groups in total. The summed E-state index contributed by atoms with van der Waals surface area (Å²) in [5, 5.41) is 8.66. The Balaban J connectivity index is 1.45. The summed E-state index contributed by atoms with van der Waals surface area (Å²) < 4.78 is 24.0. The number of carbonyl (C=O) groups excluding carboxylic acids is 1. The van der Waals surface area contributed by atoms with Crippen molar-refractivity contribution in [2.45, 2.75) is 121 Å². The molecule has 2 aliphatic heterocycles. The van der Waals surface area contributed by atoms with Crippen LogP contribution in [-0.2, 0) is 28.5 Å². The molecule has 1 saturated carbocycles. The average Bonchev–Trinajstić information content (AvgIpc) is 3.67. The van der Waals surface area contributed by atoms with Crippen LogP contribution < -0.4 is 0 Å². The molecule has 1 spiro atoms. The average molecular weight is 467 g/mol. The molecule has 0 aromatic heterocycles. The molecule has 0 amide bonds. The first-order valence-corrected chi connectivity index (χ1v) is 12.6. The van der Waals surface area contributed by atoms with Crippen LogP contribution in [0.3, 0.4) is 0 Å². The summed E-state index contributed by atoms with van der Waals surface area (Å²) in [7, 11) is 1.70. The first-order valence-electron chi connectivity index (χ1n) is 12.6. The van der Waals surface area contributed by atoms with E-state index in [9.17, 15) is 9.59 Å². The van der Waals surface area contributed by atoms with Crippen LogP contribution in [0.15, 0.2) is 11.6 Å². The molecular formula is C26H42O7. The minimum absolute atomic E-state index is 0.0444. The lowest BCUT2D eigenvalue weighted by atomic mass is 9.68. The van der Waals surface area contributed by atoms with Gasteiger partial charge in [0.25, 0.3) is 0 Å². The molecule has 2 saturated heterocycles. The van der Waals surface area contributed by atoms with Crippen LogP contribution in [0.25, 0.3) is 0 Å². The van der Waals surface area contributed by atoms with E-state index in [1.807, 2.05) is 0 Å². The number of rotatable bonds is 14. The molecule has 188 valence electrons. The van der Waals surface area contributed by atoms with Crippen molar-refractivity contribution in [3.63, 3.8) is 0 Å². The Hall–Kier alpha value is -1.44. The lowest BCUT2D eigenvalue weighted by Crippen LogP contribution is -2.55. The zero-order valence-corrected chi connectivity index (χ0v) is 20.8. The number of hydrogen-bond acceptors (Lipinski definition) is 6. The standard InChI is InChI=1S/C26H42O7/c1-18(2)13-14-20-25(3,33-20)24-23(30-4)19(15-16-26(24)17-31-26)32-22(29)12-10-8-6-5-7-9-11-21(27)28/h13,19-20,23-24H,5-12,14-17H2,1-4H3,(H,27,28)/t19-,20-,23-,24-,25?,26+/m1/s1. The minimum Gasteiger partial charge on any atom is -0.481 e. The molecular weight excluding hydrogens is 424 g/mol. The van der Waals surface area contributed by atoms with Crippen LogP contribution in [0, 0.1) is 5.92 Å². The summed E-state index contributed by atoms with van der Waals surface area (Å²) >= 11 is 0. The van der Waals surface area contributed by atoms with Gasteiger partial charge in [-0.25, -0.2) is 0 Å². The van der Waals surface area contributed by atoms with Gasteiger partial charge in [-0.3, -0.25) is 9.59 Å². The molecule has 0 bridgehead atoms.